The van der Waals surface area contributed by atoms with Crippen molar-refractivity contribution >= 4 is 23.0 Å². The highest BCUT2D eigenvalue weighted by Gasteiger charge is 2.37. The molecule has 0 saturated heterocycles. The second kappa shape index (κ2) is 9.35. The Morgan fingerprint density at radius 2 is 1.44 bits per heavy atom. The molecular weight excluding hydrogens is 455 g/mol. The molecule has 0 aliphatic carbocycles. The summed E-state index contributed by atoms with van der Waals surface area (Å²) in [5, 5.41) is 47.2. The van der Waals surface area contributed by atoms with Gasteiger partial charge in [0.2, 0.25) is 5.95 Å². The van der Waals surface area contributed by atoms with Gasteiger partial charge in [-0.3, -0.25) is 4.90 Å². The van der Waals surface area contributed by atoms with Gasteiger partial charge in [0.05, 0.1) is 6.61 Å². The fourth-order valence-electron chi connectivity index (χ4n) is 3.41. The fraction of sp³-hybridized carbons (Fsp3) is 0.227. The second-order valence-corrected chi connectivity index (χ2v) is 7.38. The standard InChI is InChI=1S/C22H20F3N5O4/c23-22(24,25)16-11-17-27-28-20(19(34)18(33)15(32)12-31)30(17)21(26-16)29(13-7-3-1-4-8-13)14-9-5-2-6-10-14/h1-11,15,18-19,31-34H,12H2/t15-,18+,19-/m1/s1. The number of aliphatic hydroxyl groups excluding tert-OH is 4. The molecule has 2 aromatic heterocycles. The molecule has 2 aromatic carbocycles. The van der Waals surface area contributed by atoms with Crippen LogP contribution in [-0.4, -0.2) is 58.8 Å². The summed E-state index contributed by atoms with van der Waals surface area (Å²) in [5.74, 6) is -0.685. The first-order valence-corrected chi connectivity index (χ1v) is 10.1. The number of nitrogens with zero attached hydrogens (tertiary/aromatic N) is 5. The van der Waals surface area contributed by atoms with Crippen LogP contribution < -0.4 is 4.90 Å². The average Bonchev–Trinajstić information content (AvgIpc) is 3.28. The normalized spacial score (nSPS) is 14.7. The van der Waals surface area contributed by atoms with Gasteiger partial charge in [0.1, 0.15) is 18.3 Å². The number of para-hydroxylation sites is 2. The van der Waals surface area contributed by atoms with Gasteiger partial charge >= 0.3 is 6.18 Å². The summed E-state index contributed by atoms with van der Waals surface area (Å²) in [6.45, 7) is -0.863. The Balaban J connectivity index is 2.02. The summed E-state index contributed by atoms with van der Waals surface area (Å²) >= 11 is 0. The van der Waals surface area contributed by atoms with E-state index in [1.165, 1.54) is 4.90 Å². The molecule has 2 heterocycles. The van der Waals surface area contributed by atoms with Crippen molar-refractivity contribution in [1.82, 2.24) is 19.6 Å². The maximum atomic E-state index is 13.7. The molecule has 0 radical (unpaired) electrons. The molecule has 12 heteroatoms. The highest BCUT2D eigenvalue weighted by molar-refractivity contribution is 5.74. The van der Waals surface area contributed by atoms with E-state index < -0.39 is 36.8 Å². The van der Waals surface area contributed by atoms with Gasteiger partial charge < -0.3 is 20.4 Å². The van der Waals surface area contributed by atoms with Gasteiger partial charge in [-0.05, 0) is 24.3 Å². The zero-order valence-corrected chi connectivity index (χ0v) is 17.4. The number of aromatic nitrogens is 4. The summed E-state index contributed by atoms with van der Waals surface area (Å²) in [5.41, 5.74) is -0.635. The number of alkyl halides is 3. The Morgan fingerprint density at radius 3 is 1.94 bits per heavy atom. The number of fused-ring (bicyclic) bond motifs is 1. The number of benzene rings is 2. The Morgan fingerprint density at radius 1 is 0.882 bits per heavy atom. The van der Waals surface area contributed by atoms with Gasteiger partial charge in [0, 0.05) is 17.4 Å². The number of halogens is 3. The number of hydrogen-bond acceptors (Lipinski definition) is 8. The van der Waals surface area contributed by atoms with Crippen LogP contribution in [0.1, 0.15) is 17.6 Å². The van der Waals surface area contributed by atoms with Crippen LogP contribution in [0.5, 0.6) is 0 Å². The number of hydrogen-bond donors (Lipinski definition) is 4. The first-order chi connectivity index (χ1) is 16.2. The van der Waals surface area contributed by atoms with E-state index in [0.29, 0.717) is 17.4 Å². The molecule has 0 amide bonds. The first kappa shape index (κ1) is 23.6. The molecule has 0 unspecified atom stereocenters. The van der Waals surface area contributed by atoms with Crippen LogP contribution in [0.4, 0.5) is 30.5 Å². The molecule has 0 fully saturated rings. The molecular formula is C22H20F3N5O4. The molecule has 34 heavy (non-hydrogen) atoms. The van der Waals surface area contributed by atoms with Crippen LogP contribution in [0.3, 0.4) is 0 Å². The van der Waals surface area contributed by atoms with Gasteiger partial charge in [-0.15, -0.1) is 10.2 Å². The van der Waals surface area contributed by atoms with E-state index in [0.717, 1.165) is 4.40 Å². The van der Waals surface area contributed by atoms with E-state index in [9.17, 15) is 28.5 Å². The Hall–Kier alpha value is -3.58. The number of anilines is 3. The summed E-state index contributed by atoms with van der Waals surface area (Å²) in [4.78, 5) is 5.26. The Bertz CT molecular complexity index is 1210. The lowest BCUT2D eigenvalue weighted by Crippen LogP contribution is -2.35. The van der Waals surface area contributed by atoms with Crippen molar-refractivity contribution in [2.45, 2.75) is 24.5 Å². The van der Waals surface area contributed by atoms with Crippen molar-refractivity contribution in [3.63, 3.8) is 0 Å². The second-order valence-electron chi connectivity index (χ2n) is 7.38. The molecule has 0 aliphatic rings. The minimum atomic E-state index is -4.81. The predicted octanol–water partition coefficient (Wildman–Crippen LogP) is 2.36. The quantitative estimate of drug-likeness (QED) is 0.321. The third-order valence-electron chi connectivity index (χ3n) is 5.09. The molecule has 0 aliphatic heterocycles. The summed E-state index contributed by atoms with van der Waals surface area (Å²) in [6.07, 6.45) is -10.3. The third kappa shape index (κ3) is 4.43. The van der Waals surface area contributed by atoms with E-state index in [1.807, 2.05) is 0 Å². The SMILES string of the molecule is OC[C@@H](O)[C@H](O)[C@@H](O)c1nnc2cc(C(F)(F)F)nc(N(c3ccccc3)c3ccccc3)n12. The molecule has 4 aromatic rings. The Labute approximate surface area is 191 Å². The largest absolute Gasteiger partial charge is 0.433 e. The van der Waals surface area contributed by atoms with E-state index >= 15 is 0 Å². The average molecular weight is 475 g/mol. The molecule has 0 bridgehead atoms. The molecule has 4 N–H and O–H groups in total. The monoisotopic (exact) mass is 475 g/mol. The molecule has 178 valence electrons. The molecule has 0 saturated carbocycles. The van der Waals surface area contributed by atoms with Crippen molar-refractivity contribution in [3.8, 4) is 0 Å². The van der Waals surface area contributed by atoms with Crippen LogP contribution >= 0.6 is 0 Å². The summed E-state index contributed by atoms with van der Waals surface area (Å²) in [6, 6.07) is 17.5. The fourth-order valence-corrected chi connectivity index (χ4v) is 3.41. The number of aliphatic hydroxyl groups is 4. The van der Waals surface area contributed by atoms with Crippen LogP contribution in [0.25, 0.3) is 5.65 Å². The number of rotatable bonds is 7. The molecule has 4 rings (SSSR count). The lowest BCUT2D eigenvalue weighted by atomic mass is 10.1. The van der Waals surface area contributed by atoms with Gasteiger partial charge in [0.25, 0.3) is 0 Å². The van der Waals surface area contributed by atoms with E-state index in [4.69, 9.17) is 5.11 Å². The maximum absolute atomic E-state index is 13.7. The predicted molar refractivity (Wildman–Crippen MR) is 115 cm³/mol. The van der Waals surface area contributed by atoms with Crippen LogP contribution in [0.15, 0.2) is 66.7 Å². The summed E-state index contributed by atoms with van der Waals surface area (Å²) < 4.78 is 42.2. The maximum Gasteiger partial charge on any atom is 0.433 e. The van der Waals surface area contributed by atoms with Crippen molar-refractivity contribution in [1.29, 1.82) is 0 Å². The Kier molecular flexibility index (Phi) is 6.48. The lowest BCUT2D eigenvalue weighted by Gasteiger charge is -2.27. The smallest absolute Gasteiger partial charge is 0.394 e. The molecule has 3 atom stereocenters. The van der Waals surface area contributed by atoms with E-state index in [-0.39, 0.29) is 17.4 Å². The first-order valence-electron chi connectivity index (χ1n) is 10.1. The zero-order valence-electron chi connectivity index (χ0n) is 17.4. The highest BCUT2D eigenvalue weighted by Crippen LogP contribution is 2.37. The third-order valence-corrected chi connectivity index (χ3v) is 5.09. The topological polar surface area (TPSA) is 127 Å². The van der Waals surface area contributed by atoms with E-state index in [2.05, 4.69) is 15.2 Å². The minimum absolute atomic E-state index is 0.297. The van der Waals surface area contributed by atoms with Crippen molar-refractivity contribution < 1.29 is 33.6 Å². The van der Waals surface area contributed by atoms with Crippen LogP contribution in [0.2, 0.25) is 0 Å². The lowest BCUT2D eigenvalue weighted by molar-refractivity contribution is -0.141. The van der Waals surface area contributed by atoms with Crippen LogP contribution in [0, 0.1) is 0 Å². The van der Waals surface area contributed by atoms with Gasteiger partial charge in [0.15, 0.2) is 17.2 Å². The minimum Gasteiger partial charge on any atom is -0.394 e. The zero-order chi connectivity index (χ0) is 24.5. The van der Waals surface area contributed by atoms with Crippen molar-refractivity contribution in [2.75, 3.05) is 11.5 Å². The van der Waals surface area contributed by atoms with Gasteiger partial charge in [-0.25, -0.2) is 9.38 Å². The van der Waals surface area contributed by atoms with Crippen LogP contribution in [-0.2, 0) is 6.18 Å². The van der Waals surface area contributed by atoms with Crippen molar-refractivity contribution in [2.24, 2.45) is 0 Å². The molecule has 0 spiro atoms. The highest BCUT2D eigenvalue weighted by atomic mass is 19.4. The van der Waals surface area contributed by atoms with E-state index in [1.54, 1.807) is 60.7 Å². The van der Waals surface area contributed by atoms with Gasteiger partial charge in [-0.1, -0.05) is 36.4 Å². The van der Waals surface area contributed by atoms with Crippen molar-refractivity contribution in [3.05, 3.63) is 78.2 Å². The molecule has 9 nitrogen and oxygen atoms in total. The van der Waals surface area contributed by atoms with Gasteiger partial charge in [-0.2, -0.15) is 13.2 Å². The summed E-state index contributed by atoms with van der Waals surface area (Å²) in [7, 11) is 0.